The van der Waals surface area contributed by atoms with Crippen molar-refractivity contribution in [3.63, 3.8) is 0 Å². The summed E-state index contributed by atoms with van der Waals surface area (Å²) in [6, 6.07) is 0. The minimum Gasteiger partial charge on any atom is -0.405 e. The van der Waals surface area contributed by atoms with Crippen LogP contribution in [-0.2, 0) is 14.0 Å². The van der Waals surface area contributed by atoms with E-state index in [-0.39, 0.29) is 21.7 Å². The molecule has 2 saturated carbocycles. The van der Waals surface area contributed by atoms with Gasteiger partial charge in [0.25, 0.3) is 0 Å². The molecule has 0 N–H and O–H groups in total. The summed E-state index contributed by atoms with van der Waals surface area (Å²) in [7, 11) is -2.08. The van der Waals surface area contributed by atoms with Crippen molar-refractivity contribution in [3.8, 4) is 0 Å². The third-order valence-corrected chi connectivity index (χ3v) is 13.0. The van der Waals surface area contributed by atoms with E-state index in [1.807, 2.05) is 13.8 Å². The summed E-state index contributed by atoms with van der Waals surface area (Å²) in [6.07, 6.45) is 9.83. The molecule has 30 heavy (non-hydrogen) atoms. The van der Waals surface area contributed by atoms with Crippen molar-refractivity contribution in [1.82, 2.24) is 0 Å². The van der Waals surface area contributed by atoms with E-state index in [4.69, 9.17) is 4.43 Å². The predicted molar refractivity (Wildman–Crippen MR) is 128 cm³/mol. The molecule has 0 unspecified atom stereocenters. The van der Waals surface area contributed by atoms with Crippen molar-refractivity contribution < 1.29 is 14.0 Å². The molecule has 2 aliphatic carbocycles. The summed E-state index contributed by atoms with van der Waals surface area (Å²) in [5.41, 5.74) is 1.46. The first-order valence-corrected chi connectivity index (χ1v) is 14.5. The van der Waals surface area contributed by atoms with E-state index in [1.54, 1.807) is 12.2 Å². The summed E-state index contributed by atoms with van der Waals surface area (Å²) in [5, 5.41) is 0.0412. The number of fused-ring (bicyclic) bond motifs is 1. The lowest BCUT2D eigenvalue weighted by atomic mass is 9.49. The number of carbonyl (C=O) groups excluding carboxylic acids is 2. The van der Waals surface area contributed by atoms with E-state index in [9.17, 15) is 9.59 Å². The monoisotopic (exact) mass is 432 g/mol. The predicted octanol–water partition coefficient (Wildman–Crippen LogP) is 7.03. The Morgan fingerprint density at radius 3 is 2.23 bits per heavy atom. The van der Waals surface area contributed by atoms with Gasteiger partial charge in [0.2, 0.25) is 0 Å². The van der Waals surface area contributed by atoms with Crippen LogP contribution in [0.3, 0.4) is 0 Å². The number of rotatable bonds is 5. The highest BCUT2D eigenvalue weighted by molar-refractivity contribution is 6.74. The molecule has 2 fully saturated rings. The minimum atomic E-state index is -2.08. The fraction of sp³-hybridized carbons (Fsp3) is 0.769. The van der Waals surface area contributed by atoms with Crippen LogP contribution < -0.4 is 0 Å². The Hall–Kier alpha value is -1.00. The second kappa shape index (κ2) is 8.16. The maximum atomic E-state index is 13.4. The molecule has 0 aromatic heterocycles. The van der Waals surface area contributed by atoms with Crippen LogP contribution in [0.4, 0.5) is 0 Å². The van der Waals surface area contributed by atoms with Gasteiger partial charge >= 0.3 is 0 Å². The van der Waals surface area contributed by atoms with Gasteiger partial charge in [-0.05, 0) is 97.7 Å². The molecule has 2 aliphatic rings. The van der Waals surface area contributed by atoms with Gasteiger partial charge in [0.05, 0.1) is 0 Å². The van der Waals surface area contributed by atoms with Crippen LogP contribution in [0.25, 0.3) is 0 Å². The molecule has 0 heterocycles. The van der Waals surface area contributed by atoms with Crippen molar-refractivity contribution in [3.05, 3.63) is 23.3 Å². The second-order valence-electron chi connectivity index (χ2n) is 12.5. The largest absolute Gasteiger partial charge is 0.405 e. The lowest BCUT2D eigenvalue weighted by molar-refractivity contribution is -0.127. The summed E-state index contributed by atoms with van der Waals surface area (Å²) >= 11 is 0. The maximum Gasteiger partial charge on any atom is 0.193 e. The average Bonchev–Trinajstić information content (AvgIpc) is 2.55. The number of ketones is 1. The molecular formula is C26H44O3Si. The van der Waals surface area contributed by atoms with E-state index < -0.39 is 13.9 Å². The Morgan fingerprint density at radius 1 is 1.10 bits per heavy atom. The highest BCUT2D eigenvalue weighted by Crippen LogP contribution is 2.60. The van der Waals surface area contributed by atoms with Gasteiger partial charge in [-0.15, -0.1) is 0 Å². The second-order valence-corrected chi connectivity index (χ2v) is 17.2. The molecule has 0 spiro atoms. The van der Waals surface area contributed by atoms with Crippen molar-refractivity contribution in [2.45, 2.75) is 111 Å². The summed E-state index contributed by atoms with van der Waals surface area (Å²) in [5.74, 6) is 0.546. The van der Waals surface area contributed by atoms with Crippen LogP contribution in [0.5, 0.6) is 0 Å². The number of carbonyl (C=O) groups is 2. The van der Waals surface area contributed by atoms with E-state index in [2.05, 4.69) is 54.6 Å². The van der Waals surface area contributed by atoms with Crippen molar-refractivity contribution in [2.75, 3.05) is 0 Å². The van der Waals surface area contributed by atoms with Crippen LogP contribution in [0.15, 0.2) is 23.3 Å². The summed E-state index contributed by atoms with van der Waals surface area (Å²) < 4.78 is 6.51. The Labute approximate surface area is 185 Å². The van der Waals surface area contributed by atoms with Crippen molar-refractivity contribution in [2.24, 2.45) is 16.7 Å². The molecular weight excluding hydrogens is 388 g/mol. The molecule has 0 aromatic rings. The fourth-order valence-electron chi connectivity index (χ4n) is 5.64. The molecule has 2 atom stereocenters. The zero-order chi connectivity index (χ0) is 23.2. The van der Waals surface area contributed by atoms with Crippen LogP contribution in [-0.4, -0.2) is 26.0 Å². The molecule has 2 rings (SSSR count). The number of hydrogen-bond donors (Lipinski definition) is 0. The third-order valence-electron chi connectivity index (χ3n) is 8.34. The Morgan fingerprint density at radius 2 is 1.70 bits per heavy atom. The first kappa shape index (κ1) is 25.3. The molecule has 170 valence electrons. The topological polar surface area (TPSA) is 43.4 Å². The number of allylic oxidation sites excluding steroid dienone is 3. The van der Waals surface area contributed by atoms with Gasteiger partial charge in [-0.25, -0.2) is 0 Å². The summed E-state index contributed by atoms with van der Waals surface area (Å²) in [4.78, 5) is 25.0. The van der Waals surface area contributed by atoms with Gasteiger partial charge in [-0.2, -0.15) is 0 Å². The lowest BCUT2D eigenvalue weighted by Crippen LogP contribution is -2.50. The van der Waals surface area contributed by atoms with E-state index in [0.29, 0.717) is 5.92 Å². The quantitative estimate of drug-likeness (QED) is 0.266. The molecule has 0 radical (unpaired) electrons. The normalized spacial score (nSPS) is 30.3. The van der Waals surface area contributed by atoms with Gasteiger partial charge in [-0.3, -0.25) is 9.59 Å². The van der Waals surface area contributed by atoms with E-state index in [0.717, 1.165) is 43.1 Å². The molecule has 0 bridgehead atoms. The van der Waals surface area contributed by atoms with Crippen LogP contribution in [0, 0.1) is 16.7 Å². The minimum absolute atomic E-state index is 0.0104. The SMILES string of the molecule is CC(C)(O[Si](C)(C)C(C)(C)C)C(=O)/C=C1/CC[C@H]2C(C)(C)CCC[C@]2(C)/C1=C/C=O. The van der Waals surface area contributed by atoms with Crippen LogP contribution in [0.2, 0.25) is 18.1 Å². The zero-order valence-electron chi connectivity index (χ0n) is 21.1. The Bertz CT molecular complexity index is 749. The first-order chi connectivity index (χ1) is 13.5. The van der Waals surface area contributed by atoms with Gasteiger partial charge in [0.15, 0.2) is 14.1 Å². The maximum absolute atomic E-state index is 13.4. The standard InChI is InChI=1S/C26H44O3Si/c1-23(2,3)30(9,10)29-25(6,7)22(28)18-19-12-13-21-24(4,5)15-11-16-26(21,8)20(19)14-17-27/h14,17-18,21H,11-13,15-16H2,1-10H3/b19-18-,20-14+/t21-,26+/m0/s1. The molecule has 0 saturated heterocycles. The highest BCUT2D eigenvalue weighted by Gasteiger charge is 2.51. The Balaban J connectivity index is 2.39. The molecule has 3 nitrogen and oxygen atoms in total. The van der Waals surface area contributed by atoms with Gasteiger partial charge in [-0.1, -0.05) is 48.0 Å². The van der Waals surface area contributed by atoms with Crippen molar-refractivity contribution in [1.29, 1.82) is 0 Å². The van der Waals surface area contributed by atoms with Crippen molar-refractivity contribution >= 4 is 20.4 Å². The number of aldehydes is 1. The van der Waals surface area contributed by atoms with Gasteiger partial charge in [0.1, 0.15) is 11.9 Å². The van der Waals surface area contributed by atoms with E-state index >= 15 is 0 Å². The smallest absolute Gasteiger partial charge is 0.193 e. The first-order valence-electron chi connectivity index (χ1n) is 11.6. The van der Waals surface area contributed by atoms with Gasteiger partial charge in [0, 0.05) is 0 Å². The van der Waals surface area contributed by atoms with Gasteiger partial charge < -0.3 is 4.43 Å². The Kier molecular flexibility index (Phi) is 6.87. The molecule has 4 heteroatoms. The molecule has 0 aromatic carbocycles. The summed E-state index contributed by atoms with van der Waals surface area (Å²) in [6.45, 7) is 21.8. The number of hydrogen-bond acceptors (Lipinski definition) is 3. The zero-order valence-corrected chi connectivity index (χ0v) is 22.1. The third kappa shape index (κ3) is 4.75. The molecule has 0 amide bonds. The van der Waals surface area contributed by atoms with E-state index in [1.165, 1.54) is 6.42 Å². The highest BCUT2D eigenvalue weighted by atomic mass is 28.4. The fourth-order valence-corrected chi connectivity index (χ4v) is 7.33. The average molecular weight is 433 g/mol. The van der Waals surface area contributed by atoms with Crippen LogP contribution >= 0.6 is 0 Å². The van der Waals surface area contributed by atoms with Crippen LogP contribution in [0.1, 0.15) is 87.5 Å². The molecule has 0 aliphatic heterocycles. The lowest BCUT2D eigenvalue weighted by Gasteiger charge is -2.55.